The number of methoxy groups -OCH3 is 1. The Kier molecular flexibility index (Phi) is 9.63. The Labute approximate surface area is 245 Å². The van der Waals surface area contributed by atoms with E-state index in [0.29, 0.717) is 0 Å². The zero-order valence-electron chi connectivity index (χ0n) is 23.1. The van der Waals surface area contributed by atoms with E-state index in [1.54, 1.807) is 30.3 Å². The smallest absolute Gasteiger partial charge is 0.292 e. The molecule has 220 valence electrons. The Hall–Kier alpha value is -5.78. The van der Waals surface area contributed by atoms with E-state index in [-0.39, 0.29) is 76.9 Å². The molecular weight excluding hydrogens is 556 g/mol. The second kappa shape index (κ2) is 13.7. The maximum Gasteiger partial charge on any atom is 0.292 e. The molecule has 0 radical (unpaired) electrons. The predicted octanol–water partition coefficient (Wildman–Crippen LogP) is 5.34. The third-order valence-electron chi connectivity index (χ3n) is 6.53. The van der Waals surface area contributed by atoms with Crippen molar-refractivity contribution in [1.29, 1.82) is 0 Å². The molecule has 4 aromatic rings. The van der Waals surface area contributed by atoms with Gasteiger partial charge in [-0.25, -0.2) is 5.43 Å². The number of fused-ring (bicyclic) bond motifs is 1. The van der Waals surface area contributed by atoms with Gasteiger partial charge in [0.05, 0.1) is 24.0 Å². The summed E-state index contributed by atoms with van der Waals surface area (Å²) >= 11 is 0. The zero-order valence-corrected chi connectivity index (χ0v) is 23.1. The summed E-state index contributed by atoms with van der Waals surface area (Å²) in [5.41, 5.74) is 2.66. The van der Waals surface area contributed by atoms with Crippen molar-refractivity contribution >= 4 is 45.5 Å². The van der Waals surface area contributed by atoms with Crippen LogP contribution in [0.2, 0.25) is 0 Å². The first-order chi connectivity index (χ1) is 20.7. The third kappa shape index (κ3) is 7.70. The summed E-state index contributed by atoms with van der Waals surface area (Å²) in [6.07, 6.45) is 0.0409. The molecule has 0 aliphatic heterocycles. The number of amides is 2. The van der Waals surface area contributed by atoms with Crippen LogP contribution < -0.4 is 15.5 Å². The summed E-state index contributed by atoms with van der Waals surface area (Å²) in [4.78, 5) is 49.2. The number of aromatic hydroxyl groups is 2. The highest BCUT2D eigenvalue weighted by atomic mass is 16.6. The minimum atomic E-state index is -0.700. The van der Waals surface area contributed by atoms with E-state index < -0.39 is 16.7 Å². The van der Waals surface area contributed by atoms with Crippen LogP contribution in [0.15, 0.2) is 84.0 Å². The molecule has 0 aromatic heterocycles. The summed E-state index contributed by atoms with van der Waals surface area (Å²) in [5, 5.41) is 39.6. The van der Waals surface area contributed by atoms with E-state index in [1.165, 1.54) is 55.6 Å². The molecule has 0 heterocycles. The van der Waals surface area contributed by atoms with Crippen molar-refractivity contribution < 1.29 is 34.3 Å². The molecule has 0 spiro atoms. The molecule has 0 bridgehead atoms. The average Bonchev–Trinajstić information content (AvgIpc) is 2.99. The van der Waals surface area contributed by atoms with Crippen LogP contribution in [0.5, 0.6) is 17.2 Å². The summed E-state index contributed by atoms with van der Waals surface area (Å²) in [6.45, 7) is 0. The number of hydrogen-bond acceptors (Lipinski definition) is 9. The second-order valence-electron chi connectivity index (χ2n) is 9.50. The molecule has 4 aromatic carbocycles. The van der Waals surface area contributed by atoms with Gasteiger partial charge in [-0.05, 0) is 60.0 Å². The van der Waals surface area contributed by atoms with E-state index in [2.05, 4.69) is 15.8 Å². The van der Waals surface area contributed by atoms with Gasteiger partial charge in [-0.1, -0.05) is 36.4 Å². The minimum absolute atomic E-state index is 0.0137. The number of Topliss-reactive ketones (excluding diaryl/α,β-unsaturated/α-hetero) is 1. The van der Waals surface area contributed by atoms with Gasteiger partial charge in [-0.3, -0.25) is 24.5 Å². The van der Waals surface area contributed by atoms with Gasteiger partial charge in [0.15, 0.2) is 17.3 Å². The van der Waals surface area contributed by atoms with Crippen molar-refractivity contribution in [2.45, 2.75) is 25.7 Å². The monoisotopic (exact) mass is 584 g/mol. The minimum Gasteiger partial charge on any atom is -0.507 e. The number of hydrazone groups is 1. The molecule has 4 rings (SSSR count). The number of nitrogens with zero attached hydrogens (tertiary/aromatic N) is 2. The molecule has 0 atom stereocenters. The highest BCUT2D eigenvalue weighted by molar-refractivity contribution is 6.10. The number of ketones is 1. The van der Waals surface area contributed by atoms with E-state index in [4.69, 9.17) is 4.74 Å². The van der Waals surface area contributed by atoms with E-state index >= 15 is 0 Å². The molecular formula is C31H28N4O8. The summed E-state index contributed by atoms with van der Waals surface area (Å²) in [7, 11) is 1.35. The van der Waals surface area contributed by atoms with E-state index in [9.17, 15) is 34.7 Å². The Morgan fingerprint density at radius 2 is 1.60 bits per heavy atom. The summed E-state index contributed by atoms with van der Waals surface area (Å²) in [5.74, 6) is -1.84. The van der Waals surface area contributed by atoms with Crippen LogP contribution in [-0.4, -0.2) is 45.6 Å². The first-order valence-corrected chi connectivity index (χ1v) is 13.2. The Morgan fingerprint density at radius 1 is 0.907 bits per heavy atom. The molecule has 12 nitrogen and oxygen atoms in total. The predicted molar refractivity (Wildman–Crippen MR) is 160 cm³/mol. The number of para-hydroxylation sites is 2. The molecule has 0 saturated heterocycles. The lowest BCUT2D eigenvalue weighted by molar-refractivity contribution is -0.383. The number of ether oxygens (including phenoxy) is 1. The molecule has 12 heteroatoms. The standard InChI is InChI=1S/C31H28N4O8/c1-43-29-17-21(13-14-26(29)36)27(37)18-22(9-6-12-30(39)32-24-10-4-5-11-25(24)35(41)42)33-34-31(40)23-15-19-7-2-3-8-20(19)16-28(23)38/h2-5,7-8,10-11,13-17,36,38H,6,9,12,18H2,1H3,(H,32,39)(H,34,40). The molecule has 0 fully saturated rings. The number of phenols is 2. The van der Waals surface area contributed by atoms with Crippen molar-refractivity contribution in [3.8, 4) is 17.2 Å². The van der Waals surface area contributed by atoms with Gasteiger partial charge < -0.3 is 20.3 Å². The lowest BCUT2D eigenvalue weighted by atomic mass is 10.0. The number of nitrogens with one attached hydrogen (secondary N) is 2. The number of carbonyl (C=O) groups excluding carboxylic acids is 3. The molecule has 0 aliphatic rings. The normalized spacial score (nSPS) is 11.1. The fourth-order valence-corrected chi connectivity index (χ4v) is 4.33. The van der Waals surface area contributed by atoms with E-state index in [0.717, 1.165) is 10.8 Å². The molecule has 43 heavy (non-hydrogen) atoms. The van der Waals surface area contributed by atoms with Crippen molar-refractivity contribution in [2.75, 3.05) is 12.4 Å². The van der Waals surface area contributed by atoms with Gasteiger partial charge in [-0.2, -0.15) is 5.10 Å². The molecule has 2 amide bonds. The molecule has 0 unspecified atom stereocenters. The van der Waals surface area contributed by atoms with Gasteiger partial charge in [0.1, 0.15) is 11.4 Å². The number of rotatable bonds is 12. The van der Waals surface area contributed by atoms with Crippen molar-refractivity contribution in [3.63, 3.8) is 0 Å². The lowest BCUT2D eigenvalue weighted by Gasteiger charge is -2.10. The molecule has 4 N–H and O–H groups in total. The van der Waals surface area contributed by atoms with Crippen molar-refractivity contribution in [2.24, 2.45) is 5.10 Å². The summed E-state index contributed by atoms with van der Waals surface area (Å²) in [6, 6.07) is 20.0. The van der Waals surface area contributed by atoms with Crippen LogP contribution in [0.3, 0.4) is 0 Å². The number of nitro groups is 1. The maximum absolute atomic E-state index is 13.1. The number of hydrogen-bond donors (Lipinski definition) is 4. The van der Waals surface area contributed by atoms with Gasteiger partial charge in [0, 0.05) is 23.8 Å². The number of carbonyl (C=O) groups is 3. The largest absolute Gasteiger partial charge is 0.507 e. The molecule has 0 aliphatic carbocycles. The van der Waals surface area contributed by atoms with Gasteiger partial charge in [0.25, 0.3) is 11.6 Å². The van der Waals surface area contributed by atoms with Crippen LogP contribution in [0.1, 0.15) is 46.4 Å². The SMILES string of the molecule is COc1cc(C(=O)CC(CCCC(=O)Nc2ccccc2[N+](=O)[O-])=NNC(=O)c2cc3ccccc3cc2O)ccc1O. The quantitative estimate of drug-likeness (QED) is 0.0745. The van der Waals surface area contributed by atoms with Crippen LogP contribution in [0, 0.1) is 10.1 Å². The fraction of sp³-hybridized carbons (Fsp3) is 0.161. The highest BCUT2D eigenvalue weighted by Gasteiger charge is 2.18. The first kappa shape index (κ1) is 30.2. The fourth-order valence-electron chi connectivity index (χ4n) is 4.33. The van der Waals surface area contributed by atoms with Gasteiger partial charge in [-0.15, -0.1) is 0 Å². The van der Waals surface area contributed by atoms with Crippen LogP contribution in [-0.2, 0) is 4.79 Å². The van der Waals surface area contributed by atoms with Crippen LogP contribution in [0.25, 0.3) is 10.8 Å². The van der Waals surface area contributed by atoms with Gasteiger partial charge >= 0.3 is 0 Å². The highest BCUT2D eigenvalue weighted by Crippen LogP contribution is 2.28. The third-order valence-corrected chi connectivity index (χ3v) is 6.53. The van der Waals surface area contributed by atoms with Crippen LogP contribution in [0.4, 0.5) is 11.4 Å². The average molecular weight is 585 g/mol. The van der Waals surface area contributed by atoms with E-state index in [1.807, 2.05) is 0 Å². The van der Waals surface area contributed by atoms with Crippen molar-refractivity contribution in [3.05, 3.63) is 100 Å². The summed E-state index contributed by atoms with van der Waals surface area (Å²) < 4.78 is 5.07. The lowest BCUT2D eigenvalue weighted by Crippen LogP contribution is -2.21. The number of nitro benzene ring substituents is 1. The topological polar surface area (TPSA) is 180 Å². The number of phenolic OH excluding ortho intramolecular Hbond substituents is 2. The maximum atomic E-state index is 13.1. The van der Waals surface area contributed by atoms with Crippen molar-refractivity contribution in [1.82, 2.24) is 5.43 Å². The van der Waals surface area contributed by atoms with Crippen LogP contribution >= 0.6 is 0 Å². The number of benzene rings is 4. The molecule has 0 saturated carbocycles. The Balaban J connectivity index is 1.49. The van der Waals surface area contributed by atoms with Gasteiger partial charge in [0.2, 0.25) is 5.91 Å². The number of anilines is 1. The first-order valence-electron chi connectivity index (χ1n) is 13.2. The Bertz CT molecular complexity index is 1730. The second-order valence-corrected chi connectivity index (χ2v) is 9.50. The Morgan fingerprint density at radius 3 is 2.33 bits per heavy atom. The zero-order chi connectivity index (χ0) is 30.9.